The summed E-state index contributed by atoms with van der Waals surface area (Å²) >= 11 is 6.16. The van der Waals surface area contributed by atoms with Crippen molar-refractivity contribution in [2.45, 2.75) is 26.7 Å². The first-order valence-corrected chi connectivity index (χ1v) is 5.93. The molecule has 0 bridgehead atoms. The molecule has 0 aromatic heterocycles. The van der Waals surface area contributed by atoms with Gasteiger partial charge in [0, 0.05) is 11.6 Å². The lowest BCUT2D eigenvalue weighted by Crippen LogP contribution is -1.97. The van der Waals surface area contributed by atoms with Crippen LogP contribution < -0.4 is 0 Å². The van der Waals surface area contributed by atoms with Crippen molar-refractivity contribution in [1.29, 1.82) is 5.26 Å². The number of nitro benzene ring substituents is 1. The molecule has 0 amide bonds. The predicted octanol–water partition coefficient (Wildman–Crippen LogP) is 4.18. The van der Waals surface area contributed by atoms with Crippen LogP contribution in [0.15, 0.2) is 23.8 Å². The molecule has 0 heterocycles. The first kappa shape index (κ1) is 14.2. The Kier molecular flexibility index (Phi) is 4.87. The standard InChI is InChI=1S/C13H13ClN2O2/c1-3-5-10(8-15)13(14)12-9(2)6-4-7-11(12)16(17)18/h4,6-7H,3,5H2,1-2H3. The zero-order chi connectivity index (χ0) is 13.7. The Labute approximate surface area is 111 Å². The van der Waals surface area contributed by atoms with Gasteiger partial charge in [-0.3, -0.25) is 10.1 Å². The van der Waals surface area contributed by atoms with E-state index in [2.05, 4.69) is 0 Å². The van der Waals surface area contributed by atoms with Gasteiger partial charge in [-0.15, -0.1) is 0 Å². The van der Waals surface area contributed by atoms with Gasteiger partial charge in [0.1, 0.15) is 0 Å². The van der Waals surface area contributed by atoms with Crippen molar-refractivity contribution < 1.29 is 4.92 Å². The number of hydrogen-bond acceptors (Lipinski definition) is 3. The molecule has 0 fully saturated rings. The molecule has 0 N–H and O–H groups in total. The van der Waals surface area contributed by atoms with Crippen molar-refractivity contribution in [2.75, 3.05) is 0 Å². The summed E-state index contributed by atoms with van der Waals surface area (Å²) in [6, 6.07) is 6.76. The minimum atomic E-state index is -0.481. The third-order valence-corrected chi connectivity index (χ3v) is 2.98. The molecule has 0 aliphatic rings. The van der Waals surface area contributed by atoms with E-state index in [1.165, 1.54) is 6.07 Å². The van der Waals surface area contributed by atoms with Crippen LogP contribution in [-0.4, -0.2) is 4.92 Å². The van der Waals surface area contributed by atoms with Crippen LogP contribution in [0.1, 0.15) is 30.9 Å². The molecule has 0 atom stereocenters. The Morgan fingerprint density at radius 3 is 2.72 bits per heavy atom. The second kappa shape index (κ2) is 6.18. The zero-order valence-corrected chi connectivity index (χ0v) is 11.0. The number of nitro groups is 1. The zero-order valence-electron chi connectivity index (χ0n) is 10.2. The van der Waals surface area contributed by atoms with Gasteiger partial charge in [-0.25, -0.2) is 0 Å². The van der Waals surface area contributed by atoms with E-state index in [1.807, 2.05) is 13.0 Å². The van der Waals surface area contributed by atoms with Crippen molar-refractivity contribution in [3.63, 3.8) is 0 Å². The van der Waals surface area contributed by atoms with Crippen molar-refractivity contribution in [1.82, 2.24) is 0 Å². The maximum atomic E-state index is 11.0. The molecular formula is C13H13ClN2O2. The number of allylic oxidation sites excluding steroid dienone is 1. The molecule has 0 spiro atoms. The molecule has 0 saturated carbocycles. The Morgan fingerprint density at radius 2 is 2.22 bits per heavy atom. The van der Waals surface area contributed by atoms with Gasteiger partial charge in [-0.1, -0.05) is 37.1 Å². The van der Waals surface area contributed by atoms with E-state index >= 15 is 0 Å². The van der Waals surface area contributed by atoms with Crippen molar-refractivity contribution in [2.24, 2.45) is 0 Å². The van der Waals surface area contributed by atoms with Crippen molar-refractivity contribution >= 4 is 22.3 Å². The van der Waals surface area contributed by atoms with E-state index in [1.54, 1.807) is 19.1 Å². The molecule has 1 aromatic rings. The molecule has 0 aliphatic carbocycles. The summed E-state index contributed by atoms with van der Waals surface area (Å²) in [7, 11) is 0. The molecule has 0 saturated heterocycles. The van der Waals surface area contributed by atoms with E-state index in [-0.39, 0.29) is 10.7 Å². The molecule has 0 unspecified atom stereocenters. The van der Waals surface area contributed by atoms with Gasteiger partial charge in [0.15, 0.2) is 0 Å². The van der Waals surface area contributed by atoms with Gasteiger partial charge in [0.05, 0.1) is 21.6 Å². The minimum Gasteiger partial charge on any atom is -0.258 e. The SMILES string of the molecule is CCCC(C#N)=C(Cl)c1c(C)cccc1[N+](=O)[O-]. The Hall–Kier alpha value is -1.86. The third-order valence-electron chi connectivity index (χ3n) is 2.57. The van der Waals surface area contributed by atoms with Gasteiger partial charge >= 0.3 is 0 Å². The van der Waals surface area contributed by atoms with E-state index in [0.717, 1.165) is 6.42 Å². The molecule has 5 heteroatoms. The lowest BCUT2D eigenvalue weighted by molar-refractivity contribution is -0.385. The lowest BCUT2D eigenvalue weighted by Gasteiger charge is -2.07. The number of halogens is 1. The fourth-order valence-electron chi connectivity index (χ4n) is 1.71. The second-order valence-corrected chi connectivity index (χ2v) is 4.26. The number of aryl methyl sites for hydroxylation is 1. The third kappa shape index (κ3) is 2.88. The molecular weight excluding hydrogens is 252 g/mol. The van der Waals surface area contributed by atoms with Crippen LogP contribution >= 0.6 is 11.6 Å². The first-order valence-electron chi connectivity index (χ1n) is 5.56. The van der Waals surface area contributed by atoms with Gasteiger partial charge < -0.3 is 0 Å². The number of nitrogens with zero attached hydrogens (tertiary/aromatic N) is 2. The number of hydrogen-bond donors (Lipinski definition) is 0. The molecule has 4 nitrogen and oxygen atoms in total. The summed E-state index contributed by atoms with van der Waals surface area (Å²) in [5.41, 5.74) is 1.35. The topological polar surface area (TPSA) is 66.9 Å². The molecule has 1 aromatic carbocycles. The fourth-order valence-corrected chi connectivity index (χ4v) is 2.09. The second-order valence-electron chi connectivity index (χ2n) is 3.88. The highest BCUT2D eigenvalue weighted by atomic mass is 35.5. The van der Waals surface area contributed by atoms with Crippen LogP contribution in [-0.2, 0) is 0 Å². The summed E-state index contributed by atoms with van der Waals surface area (Å²) in [4.78, 5) is 10.5. The highest BCUT2D eigenvalue weighted by Crippen LogP contribution is 2.34. The predicted molar refractivity (Wildman–Crippen MR) is 71.1 cm³/mol. The van der Waals surface area contributed by atoms with Crippen LogP contribution in [0.3, 0.4) is 0 Å². The highest BCUT2D eigenvalue weighted by Gasteiger charge is 2.20. The number of rotatable bonds is 4. The molecule has 18 heavy (non-hydrogen) atoms. The maximum absolute atomic E-state index is 11.0. The van der Waals surface area contributed by atoms with Crippen LogP contribution in [0.4, 0.5) is 5.69 Å². The van der Waals surface area contributed by atoms with E-state index < -0.39 is 4.92 Å². The fraction of sp³-hybridized carbons (Fsp3) is 0.308. The smallest absolute Gasteiger partial charge is 0.258 e. The van der Waals surface area contributed by atoms with E-state index in [9.17, 15) is 10.1 Å². The lowest BCUT2D eigenvalue weighted by atomic mass is 10.0. The van der Waals surface area contributed by atoms with Gasteiger partial charge in [-0.2, -0.15) is 5.26 Å². The van der Waals surface area contributed by atoms with Crippen molar-refractivity contribution in [3.8, 4) is 6.07 Å². The quantitative estimate of drug-likeness (QED) is 0.465. The molecule has 94 valence electrons. The Morgan fingerprint density at radius 1 is 1.56 bits per heavy atom. The average Bonchev–Trinajstić information content (AvgIpc) is 2.34. The summed E-state index contributed by atoms with van der Waals surface area (Å²) < 4.78 is 0. The number of benzene rings is 1. The first-order chi connectivity index (χ1) is 8.52. The summed E-state index contributed by atoms with van der Waals surface area (Å²) in [6.07, 6.45) is 1.28. The van der Waals surface area contributed by atoms with Crippen LogP contribution in [0.25, 0.3) is 5.03 Å². The summed E-state index contributed by atoms with van der Waals surface area (Å²) in [5, 5.41) is 20.2. The Bertz CT molecular complexity index is 544. The molecule has 0 radical (unpaired) electrons. The van der Waals surface area contributed by atoms with Crippen LogP contribution in [0.5, 0.6) is 0 Å². The van der Waals surface area contributed by atoms with Crippen LogP contribution in [0.2, 0.25) is 0 Å². The largest absolute Gasteiger partial charge is 0.278 e. The maximum Gasteiger partial charge on any atom is 0.278 e. The van der Waals surface area contributed by atoms with Crippen LogP contribution in [0, 0.1) is 28.4 Å². The van der Waals surface area contributed by atoms with Gasteiger partial charge in [0.25, 0.3) is 5.69 Å². The highest BCUT2D eigenvalue weighted by molar-refractivity contribution is 6.50. The summed E-state index contributed by atoms with van der Waals surface area (Å²) in [6.45, 7) is 3.67. The van der Waals surface area contributed by atoms with Gasteiger partial charge in [-0.05, 0) is 18.9 Å². The molecule has 1 rings (SSSR count). The monoisotopic (exact) mass is 264 g/mol. The van der Waals surface area contributed by atoms with E-state index in [4.69, 9.17) is 16.9 Å². The number of nitriles is 1. The normalized spacial score (nSPS) is 11.7. The Balaban J connectivity index is 3.50. The molecule has 0 aliphatic heterocycles. The van der Waals surface area contributed by atoms with Gasteiger partial charge in [0.2, 0.25) is 0 Å². The van der Waals surface area contributed by atoms with Crippen molar-refractivity contribution in [3.05, 3.63) is 45.0 Å². The van der Waals surface area contributed by atoms with E-state index in [0.29, 0.717) is 23.1 Å². The summed E-state index contributed by atoms with van der Waals surface area (Å²) in [5.74, 6) is 0. The average molecular weight is 265 g/mol. The minimum absolute atomic E-state index is 0.0659.